The molecule has 1 unspecified atom stereocenters. The lowest BCUT2D eigenvalue weighted by atomic mass is 10.2. The van der Waals surface area contributed by atoms with Gasteiger partial charge in [-0.15, -0.1) is 0 Å². The number of hydrogen-bond donors (Lipinski definition) is 2. The lowest BCUT2D eigenvalue weighted by molar-refractivity contribution is -0.122. The lowest BCUT2D eigenvalue weighted by Crippen LogP contribution is -2.33. The van der Waals surface area contributed by atoms with Crippen LogP contribution in [0.15, 0.2) is 50.4 Å². The van der Waals surface area contributed by atoms with Crippen molar-refractivity contribution in [1.29, 1.82) is 0 Å². The first-order chi connectivity index (χ1) is 12.0. The highest BCUT2D eigenvalue weighted by Crippen LogP contribution is 2.15. The van der Waals surface area contributed by atoms with Crippen LogP contribution < -0.4 is 16.6 Å². The number of carbonyl (C=O) groups is 1. The van der Waals surface area contributed by atoms with E-state index in [1.807, 2.05) is 26.0 Å². The second kappa shape index (κ2) is 6.80. The predicted octanol–water partition coefficient (Wildman–Crippen LogP) is 1.86. The molecule has 0 bridgehead atoms. The van der Waals surface area contributed by atoms with E-state index in [0.29, 0.717) is 16.7 Å². The number of para-hydroxylation sites is 1. The molecule has 1 amide bonds. The molecule has 0 aliphatic rings. The topological polar surface area (TPSA) is 97.1 Å². The van der Waals surface area contributed by atoms with E-state index >= 15 is 0 Å². The summed E-state index contributed by atoms with van der Waals surface area (Å²) in [5, 5.41) is 3.26. The zero-order valence-electron chi connectivity index (χ0n) is 14.0. The maximum absolute atomic E-state index is 12.2. The van der Waals surface area contributed by atoms with E-state index in [4.69, 9.17) is 4.42 Å². The fourth-order valence-corrected chi connectivity index (χ4v) is 2.75. The molecule has 7 nitrogen and oxygen atoms in total. The Labute approximate surface area is 143 Å². The number of fused-ring (bicyclic) bond motifs is 1. The van der Waals surface area contributed by atoms with Gasteiger partial charge in [0.25, 0.3) is 5.56 Å². The number of rotatable bonds is 5. The monoisotopic (exact) mass is 341 g/mol. The van der Waals surface area contributed by atoms with Crippen LogP contribution in [0, 0.1) is 6.92 Å². The molecular formula is C18H19N3O4. The molecule has 130 valence electrons. The van der Waals surface area contributed by atoms with Crippen molar-refractivity contribution in [3.05, 3.63) is 68.8 Å². The Balaban J connectivity index is 1.73. The smallest absolute Gasteiger partial charge is 0.328 e. The summed E-state index contributed by atoms with van der Waals surface area (Å²) < 4.78 is 6.89. The van der Waals surface area contributed by atoms with Gasteiger partial charge in [0.2, 0.25) is 5.91 Å². The molecule has 0 saturated carbocycles. The van der Waals surface area contributed by atoms with Crippen molar-refractivity contribution in [3.8, 4) is 0 Å². The first kappa shape index (κ1) is 16.8. The van der Waals surface area contributed by atoms with E-state index in [0.717, 1.165) is 5.76 Å². The Morgan fingerprint density at radius 2 is 2.00 bits per heavy atom. The summed E-state index contributed by atoms with van der Waals surface area (Å²) in [6, 6.07) is 10.2. The minimum absolute atomic E-state index is 0.111. The molecule has 3 aromatic rings. The minimum Gasteiger partial charge on any atom is -0.464 e. The number of nitrogens with zero attached hydrogens (tertiary/aromatic N) is 1. The highest BCUT2D eigenvalue weighted by Gasteiger charge is 2.14. The van der Waals surface area contributed by atoms with Gasteiger partial charge in [-0.1, -0.05) is 12.1 Å². The summed E-state index contributed by atoms with van der Waals surface area (Å²) in [6.45, 7) is 3.84. The van der Waals surface area contributed by atoms with Crippen LogP contribution in [-0.2, 0) is 11.3 Å². The summed E-state index contributed by atoms with van der Waals surface area (Å²) in [4.78, 5) is 38.4. The van der Waals surface area contributed by atoms with Gasteiger partial charge in [0, 0.05) is 13.0 Å². The summed E-state index contributed by atoms with van der Waals surface area (Å²) in [5.74, 6) is 1.25. The van der Waals surface area contributed by atoms with Crippen LogP contribution in [-0.4, -0.2) is 15.5 Å². The highest BCUT2D eigenvalue weighted by molar-refractivity contribution is 5.79. The average Bonchev–Trinajstić information content (AvgIpc) is 3.01. The van der Waals surface area contributed by atoms with Gasteiger partial charge in [0.15, 0.2) is 0 Å². The van der Waals surface area contributed by atoms with E-state index < -0.39 is 11.2 Å². The van der Waals surface area contributed by atoms with Crippen LogP contribution in [0.3, 0.4) is 0 Å². The largest absolute Gasteiger partial charge is 0.464 e. The molecule has 0 spiro atoms. The maximum Gasteiger partial charge on any atom is 0.328 e. The molecule has 2 heterocycles. The molecule has 2 aromatic heterocycles. The fourth-order valence-electron chi connectivity index (χ4n) is 2.75. The molecule has 7 heteroatoms. The number of carbonyl (C=O) groups excluding carboxylic acids is 1. The van der Waals surface area contributed by atoms with Crippen LogP contribution in [0.4, 0.5) is 0 Å². The van der Waals surface area contributed by atoms with Crippen molar-refractivity contribution >= 4 is 16.8 Å². The number of aromatic amines is 1. The number of H-pyrrole nitrogens is 1. The summed E-state index contributed by atoms with van der Waals surface area (Å²) in [5.41, 5.74) is -0.437. The standard InChI is InChI=1S/C18H19N3O4/c1-11-7-8-15(25-11)12(2)19-16(22)9-10-21-14-6-4-3-5-13(14)17(23)20-18(21)24/h3-8,12H,9-10H2,1-2H3,(H,19,22)(H,20,23,24). The molecular weight excluding hydrogens is 322 g/mol. The molecule has 0 aliphatic carbocycles. The average molecular weight is 341 g/mol. The number of amides is 1. The van der Waals surface area contributed by atoms with Crippen LogP contribution in [0.2, 0.25) is 0 Å². The third-order valence-corrected chi connectivity index (χ3v) is 4.03. The van der Waals surface area contributed by atoms with E-state index in [1.54, 1.807) is 24.3 Å². The zero-order chi connectivity index (χ0) is 18.0. The Morgan fingerprint density at radius 3 is 2.72 bits per heavy atom. The number of furan rings is 1. The van der Waals surface area contributed by atoms with Crippen LogP contribution in [0.1, 0.15) is 30.9 Å². The summed E-state index contributed by atoms with van der Waals surface area (Å²) in [6.07, 6.45) is 0.111. The van der Waals surface area contributed by atoms with E-state index in [9.17, 15) is 14.4 Å². The summed E-state index contributed by atoms with van der Waals surface area (Å²) in [7, 11) is 0. The van der Waals surface area contributed by atoms with Gasteiger partial charge < -0.3 is 9.73 Å². The Morgan fingerprint density at radius 1 is 1.24 bits per heavy atom. The number of aryl methyl sites for hydroxylation is 2. The van der Waals surface area contributed by atoms with Gasteiger partial charge in [-0.3, -0.25) is 19.1 Å². The summed E-state index contributed by atoms with van der Waals surface area (Å²) >= 11 is 0. The van der Waals surface area contributed by atoms with Gasteiger partial charge in [0.1, 0.15) is 11.5 Å². The van der Waals surface area contributed by atoms with Crippen molar-refractivity contribution in [3.63, 3.8) is 0 Å². The van der Waals surface area contributed by atoms with Gasteiger partial charge in [-0.05, 0) is 38.1 Å². The van der Waals surface area contributed by atoms with Gasteiger partial charge in [0.05, 0.1) is 16.9 Å². The SMILES string of the molecule is Cc1ccc(C(C)NC(=O)CCn2c(=O)[nH]c(=O)c3ccccc32)o1. The molecule has 0 aliphatic heterocycles. The molecule has 1 aromatic carbocycles. The third kappa shape index (κ3) is 3.55. The molecule has 0 radical (unpaired) electrons. The van der Waals surface area contributed by atoms with Crippen molar-refractivity contribution < 1.29 is 9.21 Å². The lowest BCUT2D eigenvalue weighted by Gasteiger charge is -2.13. The first-order valence-electron chi connectivity index (χ1n) is 8.03. The first-order valence-corrected chi connectivity index (χ1v) is 8.03. The number of benzene rings is 1. The Hall–Kier alpha value is -3.09. The van der Waals surface area contributed by atoms with Crippen molar-refractivity contribution in [2.45, 2.75) is 32.9 Å². The zero-order valence-corrected chi connectivity index (χ0v) is 14.0. The van der Waals surface area contributed by atoms with Crippen molar-refractivity contribution in [1.82, 2.24) is 14.9 Å². The van der Waals surface area contributed by atoms with Gasteiger partial charge >= 0.3 is 5.69 Å². The Bertz CT molecular complexity index is 1030. The minimum atomic E-state index is -0.522. The Kier molecular flexibility index (Phi) is 4.56. The number of nitrogens with one attached hydrogen (secondary N) is 2. The highest BCUT2D eigenvalue weighted by atomic mass is 16.3. The molecule has 3 rings (SSSR count). The van der Waals surface area contributed by atoms with E-state index in [-0.39, 0.29) is 24.9 Å². The van der Waals surface area contributed by atoms with E-state index in [1.165, 1.54) is 4.57 Å². The van der Waals surface area contributed by atoms with Crippen LogP contribution in [0.25, 0.3) is 10.9 Å². The maximum atomic E-state index is 12.2. The molecule has 0 saturated heterocycles. The quantitative estimate of drug-likeness (QED) is 0.740. The predicted molar refractivity (Wildman–Crippen MR) is 93.4 cm³/mol. The third-order valence-electron chi connectivity index (χ3n) is 4.03. The number of aromatic nitrogens is 2. The van der Waals surface area contributed by atoms with Crippen LogP contribution in [0.5, 0.6) is 0 Å². The normalized spacial score (nSPS) is 12.2. The van der Waals surface area contributed by atoms with Crippen LogP contribution >= 0.6 is 0 Å². The second-order valence-electron chi connectivity index (χ2n) is 5.92. The van der Waals surface area contributed by atoms with E-state index in [2.05, 4.69) is 10.3 Å². The van der Waals surface area contributed by atoms with Crippen molar-refractivity contribution in [2.24, 2.45) is 0 Å². The molecule has 25 heavy (non-hydrogen) atoms. The number of hydrogen-bond acceptors (Lipinski definition) is 4. The fraction of sp³-hybridized carbons (Fsp3) is 0.278. The molecule has 2 N–H and O–H groups in total. The van der Waals surface area contributed by atoms with Crippen molar-refractivity contribution in [2.75, 3.05) is 0 Å². The van der Waals surface area contributed by atoms with Gasteiger partial charge in [-0.2, -0.15) is 0 Å². The molecule has 0 fully saturated rings. The van der Waals surface area contributed by atoms with Gasteiger partial charge in [-0.25, -0.2) is 4.79 Å². The second-order valence-corrected chi connectivity index (χ2v) is 5.92. The molecule has 1 atom stereocenters.